The van der Waals surface area contributed by atoms with E-state index in [-0.39, 0.29) is 11.9 Å². The first-order valence-electron chi connectivity index (χ1n) is 6.28. The fourth-order valence-corrected chi connectivity index (χ4v) is 2.48. The highest BCUT2D eigenvalue weighted by molar-refractivity contribution is 5.86. The van der Waals surface area contributed by atoms with E-state index in [4.69, 9.17) is 9.52 Å². The Morgan fingerprint density at radius 2 is 2.22 bits per heavy atom. The van der Waals surface area contributed by atoms with E-state index in [2.05, 4.69) is 4.90 Å². The van der Waals surface area contributed by atoms with Crippen molar-refractivity contribution >= 4 is 5.97 Å². The van der Waals surface area contributed by atoms with E-state index in [0.29, 0.717) is 12.5 Å². The minimum atomic E-state index is -1.02. The molecule has 1 unspecified atom stereocenters. The van der Waals surface area contributed by atoms with Crippen LogP contribution in [0.2, 0.25) is 0 Å². The van der Waals surface area contributed by atoms with Gasteiger partial charge in [-0.15, -0.1) is 0 Å². The first-order valence-corrected chi connectivity index (χ1v) is 6.28. The molecular weight excluding hydrogens is 234 g/mol. The quantitative estimate of drug-likeness (QED) is 0.852. The van der Waals surface area contributed by atoms with Gasteiger partial charge < -0.3 is 14.6 Å². The second-order valence-corrected chi connectivity index (χ2v) is 4.93. The number of aliphatic hydroxyl groups excluding tert-OH is 1. The van der Waals surface area contributed by atoms with Gasteiger partial charge in [0.1, 0.15) is 0 Å². The molecule has 2 rings (SSSR count). The summed E-state index contributed by atoms with van der Waals surface area (Å²) in [4.78, 5) is 13.1. The second-order valence-electron chi connectivity index (χ2n) is 4.93. The molecule has 0 radical (unpaired) electrons. The number of nitrogens with zero attached hydrogens (tertiary/aromatic N) is 1. The largest absolute Gasteiger partial charge is 0.475 e. The molecule has 100 valence electrons. The fourth-order valence-electron chi connectivity index (χ4n) is 2.48. The van der Waals surface area contributed by atoms with Gasteiger partial charge in [-0.1, -0.05) is 0 Å². The van der Waals surface area contributed by atoms with Gasteiger partial charge >= 0.3 is 5.97 Å². The molecule has 1 aromatic rings. The summed E-state index contributed by atoms with van der Waals surface area (Å²) in [6.45, 7) is 4.21. The van der Waals surface area contributed by atoms with Crippen molar-refractivity contribution in [2.24, 2.45) is 5.92 Å². The number of aromatic carboxylic acids is 1. The lowest BCUT2D eigenvalue weighted by molar-refractivity contribution is 0.0644. The Bertz CT molecular complexity index is 405. The van der Waals surface area contributed by atoms with Crippen molar-refractivity contribution in [1.29, 1.82) is 0 Å². The lowest BCUT2D eigenvalue weighted by atomic mass is 9.92. The van der Waals surface area contributed by atoms with Gasteiger partial charge in [0.2, 0.25) is 5.76 Å². The maximum atomic E-state index is 10.9. The Kier molecular flexibility index (Phi) is 4.04. The van der Waals surface area contributed by atoms with Gasteiger partial charge in [-0.3, -0.25) is 4.90 Å². The number of likely N-dealkylation sites (tertiary alicyclic amines) is 1. The normalized spacial score (nSPS) is 19.9. The molecule has 0 aromatic carbocycles. The van der Waals surface area contributed by atoms with E-state index in [9.17, 15) is 9.90 Å². The van der Waals surface area contributed by atoms with Crippen molar-refractivity contribution in [2.75, 3.05) is 13.1 Å². The van der Waals surface area contributed by atoms with E-state index in [1.807, 2.05) is 6.92 Å². The van der Waals surface area contributed by atoms with Crippen LogP contribution in [0.3, 0.4) is 0 Å². The van der Waals surface area contributed by atoms with Crippen LogP contribution in [0.5, 0.6) is 0 Å². The molecule has 1 atom stereocenters. The lowest BCUT2D eigenvalue weighted by Crippen LogP contribution is -2.36. The number of piperidine rings is 1. The number of aliphatic hydroxyl groups is 1. The molecule has 1 saturated heterocycles. The van der Waals surface area contributed by atoms with Crippen molar-refractivity contribution in [3.8, 4) is 0 Å². The average molecular weight is 253 g/mol. The zero-order valence-electron chi connectivity index (χ0n) is 10.5. The second kappa shape index (κ2) is 5.54. The number of rotatable bonds is 4. The maximum absolute atomic E-state index is 10.9. The Hall–Kier alpha value is -1.33. The van der Waals surface area contributed by atoms with Crippen LogP contribution in [-0.4, -0.2) is 40.3 Å². The minimum Gasteiger partial charge on any atom is -0.475 e. The van der Waals surface area contributed by atoms with E-state index in [1.54, 1.807) is 6.07 Å². The Balaban J connectivity index is 1.91. The topological polar surface area (TPSA) is 73.9 Å². The number of furan rings is 1. The molecule has 0 aliphatic carbocycles. The van der Waals surface area contributed by atoms with Gasteiger partial charge in [0.25, 0.3) is 0 Å². The van der Waals surface area contributed by atoms with Crippen LogP contribution >= 0.6 is 0 Å². The number of carboxylic acids is 1. The Morgan fingerprint density at radius 1 is 1.56 bits per heavy atom. The summed E-state index contributed by atoms with van der Waals surface area (Å²) in [5.74, 6) is -0.619. The highest BCUT2D eigenvalue weighted by atomic mass is 16.4. The van der Waals surface area contributed by atoms with Gasteiger partial charge in [-0.2, -0.15) is 0 Å². The molecule has 2 heterocycles. The van der Waals surface area contributed by atoms with Crippen molar-refractivity contribution in [1.82, 2.24) is 4.90 Å². The summed E-state index contributed by atoms with van der Waals surface area (Å²) in [6.07, 6.45) is 3.08. The molecule has 5 nitrogen and oxygen atoms in total. The van der Waals surface area contributed by atoms with Crippen LogP contribution in [0.25, 0.3) is 0 Å². The number of carboxylic acid groups (broad SMARTS) is 1. The van der Waals surface area contributed by atoms with Gasteiger partial charge in [0.15, 0.2) is 0 Å². The lowest BCUT2D eigenvalue weighted by Gasteiger charge is -2.33. The molecule has 18 heavy (non-hydrogen) atoms. The first-order chi connectivity index (χ1) is 8.58. The number of hydrogen-bond donors (Lipinski definition) is 2. The predicted molar refractivity (Wildman–Crippen MR) is 65.3 cm³/mol. The molecule has 0 amide bonds. The van der Waals surface area contributed by atoms with E-state index < -0.39 is 5.97 Å². The summed E-state index contributed by atoms with van der Waals surface area (Å²) in [5.41, 5.74) is 0.720. The fraction of sp³-hybridized carbons (Fsp3) is 0.615. The SMILES string of the molecule is CC(O)C1CCN(Cc2ccoc2C(=O)O)CC1. The third kappa shape index (κ3) is 2.91. The standard InChI is InChI=1S/C13H19NO4/c1-9(15)10-2-5-14(6-3-10)8-11-4-7-18-12(11)13(16)17/h4,7,9-10,15H,2-3,5-6,8H2,1H3,(H,16,17). The van der Waals surface area contributed by atoms with Crippen molar-refractivity contribution in [2.45, 2.75) is 32.4 Å². The van der Waals surface area contributed by atoms with Gasteiger partial charge in [-0.25, -0.2) is 4.79 Å². The van der Waals surface area contributed by atoms with Gasteiger partial charge in [-0.05, 0) is 44.8 Å². The van der Waals surface area contributed by atoms with Crippen molar-refractivity contribution in [3.05, 3.63) is 23.7 Å². The summed E-state index contributed by atoms with van der Waals surface area (Å²) in [6, 6.07) is 1.71. The van der Waals surface area contributed by atoms with E-state index >= 15 is 0 Å². The number of carbonyl (C=O) groups is 1. The molecule has 1 fully saturated rings. The zero-order valence-corrected chi connectivity index (χ0v) is 10.5. The monoisotopic (exact) mass is 253 g/mol. The third-order valence-electron chi connectivity index (χ3n) is 3.65. The summed E-state index contributed by atoms with van der Waals surface area (Å²) >= 11 is 0. The van der Waals surface area contributed by atoms with E-state index in [1.165, 1.54) is 6.26 Å². The summed E-state index contributed by atoms with van der Waals surface area (Å²) < 4.78 is 4.96. The highest BCUT2D eigenvalue weighted by Crippen LogP contribution is 2.23. The molecule has 5 heteroatoms. The summed E-state index contributed by atoms with van der Waals surface area (Å²) in [7, 11) is 0. The van der Waals surface area contributed by atoms with Crippen LogP contribution in [0.15, 0.2) is 16.7 Å². The highest BCUT2D eigenvalue weighted by Gasteiger charge is 2.24. The van der Waals surface area contributed by atoms with Crippen molar-refractivity contribution in [3.63, 3.8) is 0 Å². The van der Waals surface area contributed by atoms with Crippen LogP contribution in [0.4, 0.5) is 0 Å². The molecule has 0 spiro atoms. The van der Waals surface area contributed by atoms with Gasteiger partial charge in [0.05, 0.1) is 12.4 Å². The first kappa shape index (κ1) is 13.1. The average Bonchev–Trinajstić information content (AvgIpc) is 2.78. The molecule has 1 aliphatic rings. The predicted octanol–water partition coefficient (Wildman–Crippen LogP) is 1.57. The maximum Gasteiger partial charge on any atom is 0.372 e. The Morgan fingerprint density at radius 3 is 2.78 bits per heavy atom. The van der Waals surface area contributed by atoms with Crippen molar-refractivity contribution < 1.29 is 19.4 Å². The van der Waals surface area contributed by atoms with Crippen LogP contribution in [0.1, 0.15) is 35.9 Å². The molecule has 0 saturated carbocycles. The zero-order chi connectivity index (χ0) is 13.1. The minimum absolute atomic E-state index is 0.0349. The molecule has 1 aliphatic heterocycles. The Labute approximate surface area is 106 Å². The van der Waals surface area contributed by atoms with Crippen LogP contribution in [0, 0.1) is 5.92 Å². The molecular formula is C13H19NO4. The molecule has 1 aromatic heterocycles. The van der Waals surface area contributed by atoms with Gasteiger partial charge in [0, 0.05) is 12.1 Å². The molecule has 0 bridgehead atoms. The molecule has 2 N–H and O–H groups in total. The smallest absolute Gasteiger partial charge is 0.372 e. The van der Waals surface area contributed by atoms with Crippen LogP contribution < -0.4 is 0 Å². The summed E-state index contributed by atoms with van der Waals surface area (Å²) in [5, 5.41) is 18.5. The van der Waals surface area contributed by atoms with Crippen LogP contribution in [-0.2, 0) is 6.54 Å². The third-order valence-corrected chi connectivity index (χ3v) is 3.65. The number of hydrogen-bond acceptors (Lipinski definition) is 4. The van der Waals surface area contributed by atoms with E-state index in [0.717, 1.165) is 31.5 Å².